The minimum atomic E-state index is 0.00757. The number of aromatic nitrogens is 1. The molecule has 2 amide bonds. The molecule has 0 radical (unpaired) electrons. The molecule has 21 heavy (non-hydrogen) atoms. The molecule has 6 heteroatoms. The summed E-state index contributed by atoms with van der Waals surface area (Å²) in [6.45, 7) is 3.71. The van der Waals surface area contributed by atoms with Gasteiger partial charge in [-0.05, 0) is 18.6 Å². The predicted molar refractivity (Wildman–Crippen MR) is 77.8 cm³/mol. The Morgan fingerprint density at radius 3 is 2.38 bits per heavy atom. The number of nitrogens with zero attached hydrogens (tertiary/aromatic N) is 4. The van der Waals surface area contributed by atoms with Gasteiger partial charge in [0.2, 0.25) is 5.91 Å². The van der Waals surface area contributed by atoms with Crippen LogP contribution in [0, 0.1) is 0 Å². The van der Waals surface area contributed by atoms with Crippen LogP contribution in [0.4, 0.5) is 0 Å². The van der Waals surface area contributed by atoms with Crippen LogP contribution in [0.25, 0.3) is 0 Å². The molecule has 0 aromatic carbocycles. The van der Waals surface area contributed by atoms with Crippen molar-refractivity contribution in [1.29, 1.82) is 0 Å². The molecule has 0 bridgehead atoms. The highest BCUT2D eigenvalue weighted by Crippen LogP contribution is 2.18. The van der Waals surface area contributed by atoms with Gasteiger partial charge in [-0.2, -0.15) is 0 Å². The van der Waals surface area contributed by atoms with E-state index in [9.17, 15) is 9.59 Å². The molecule has 2 aliphatic rings. The zero-order valence-electron chi connectivity index (χ0n) is 12.2. The van der Waals surface area contributed by atoms with Crippen molar-refractivity contribution >= 4 is 11.8 Å². The molecule has 3 heterocycles. The molecule has 2 fully saturated rings. The minimum Gasteiger partial charge on any atom is -0.344 e. The maximum Gasteiger partial charge on any atom is 0.254 e. The molecule has 0 aliphatic carbocycles. The number of rotatable bonds is 2. The van der Waals surface area contributed by atoms with Crippen LogP contribution in [-0.2, 0) is 4.79 Å². The van der Waals surface area contributed by atoms with Gasteiger partial charge in [-0.15, -0.1) is 0 Å². The van der Waals surface area contributed by atoms with Crippen molar-refractivity contribution in [2.45, 2.75) is 12.5 Å². The first-order valence-corrected chi connectivity index (χ1v) is 7.35. The SMILES string of the molecule is CN1CCC(N2CCN(C(=O)c3ccncc3)CC2)C1=O. The lowest BCUT2D eigenvalue weighted by molar-refractivity contribution is -0.131. The average Bonchev–Trinajstić information content (AvgIpc) is 2.87. The van der Waals surface area contributed by atoms with E-state index in [0.717, 1.165) is 26.1 Å². The summed E-state index contributed by atoms with van der Waals surface area (Å²) in [7, 11) is 1.85. The Morgan fingerprint density at radius 2 is 1.81 bits per heavy atom. The largest absolute Gasteiger partial charge is 0.344 e. The van der Waals surface area contributed by atoms with E-state index in [0.29, 0.717) is 18.7 Å². The smallest absolute Gasteiger partial charge is 0.254 e. The number of pyridine rings is 1. The lowest BCUT2D eigenvalue weighted by atomic mass is 10.1. The van der Waals surface area contributed by atoms with Crippen molar-refractivity contribution in [3.63, 3.8) is 0 Å². The van der Waals surface area contributed by atoms with Crippen molar-refractivity contribution in [3.05, 3.63) is 30.1 Å². The third kappa shape index (κ3) is 2.76. The van der Waals surface area contributed by atoms with Crippen LogP contribution in [0.5, 0.6) is 0 Å². The summed E-state index contributed by atoms with van der Waals surface area (Å²) in [5.74, 6) is 0.260. The zero-order valence-corrected chi connectivity index (χ0v) is 12.2. The molecule has 1 atom stereocenters. The molecule has 2 saturated heterocycles. The number of carbonyl (C=O) groups is 2. The van der Waals surface area contributed by atoms with Crippen LogP contribution in [-0.4, -0.2) is 77.3 Å². The van der Waals surface area contributed by atoms with Crippen LogP contribution in [0.2, 0.25) is 0 Å². The van der Waals surface area contributed by atoms with Gasteiger partial charge < -0.3 is 9.80 Å². The normalized spacial score (nSPS) is 23.7. The summed E-state index contributed by atoms with van der Waals surface area (Å²) >= 11 is 0. The van der Waals surface area contributed by atoms with Crippen molar-refractivity contribution in [2.24, 2.45) is 0 Å². The highest BCUT2D eigenvalue weighted by Gasteiger charge is 2.35. The van der Waals surface area contributed by atoms with Crippen LogP contribution >= 0.6 is 0 Å². The molecule has 0 saturated carbocycles. The highest BCUT2D eigenvalue weighted by atomic mass is 16.2. The lowest BCUT2D eigenvalue weighted by Crippen LogP contribution is -2.53. The number of piperazine rings is 1. The first kappa shape index (κ1) is 14.0. The maximum absolute atomic E-state index is 12.3. The topological polar surface area (TPSA) is 56.8 Å². The highest BCUT2D eigenvalue weighted by molar-refractivity contribution is 5.94. The second-order valence-corrected chi connectivity index (χ2v) is 5.63. The number of amides is 2. The summed E-state index contributed by atoms with van der Waals surface area (Å²) in [4.78, 5) is 34.2. The third-order valence-corrected chi connectivity index (χ3v) is 4.37. The first-order chi connectivity index (χ1) is 10.2. The van der Waals surface area contributed by atoms with Crippen LogP contribution in [0.3, 0.4) is 0 Å². The summed E-state index contributed by atoms with van der Waals surface area (Å²) < 4.78 is 0. The predicted octanol–water partition coefficient (Wildman–Crippen LogP) is 0.0701. The summed E-state index contributed by atoms with van der Waals surface area (Å²) in [6.07, 6.45) is 4.17. The Labute approximate surface area is 124 Å². The molecule has 2 aliphatic heterocycles. The Kier molecular flexibility index (Phi) is 3.88. The van der Waals surface area contributed by atoms with E-state index in [1.165, 1.54) is 0 Å². The molecule has 6 nitrogen and oxygen atoms in total. The van der Waals surface area contributed by atoms with Crippen molar-refractivity contribution in [1.82, 2.24) is 19.7 Å². The van der Waals surface area contributed by atoms with Gasteiger partial charge in [-0.3, -0.25) is 19.5 Å². The monoisotopic (exact) mass is 288 g/mol. The third-order valence-electron chi connectivity index (χ3n) is 4.37. The average molecular weight is 288 g/mol. The van der Waals surface area contributed by atoms with Crippen molar-refractivity contribution in [3.8, 4) is 0 Å². The Hall–Kier alpha value is -1.95. The van der Waals surface area contributed by atoms with Crippen molar-refractivity contribution in [2.75, 3.05) is 39.8 Å². The Bertz CT molecular complexity index is 526. The fraction of sp³-hybridized carbons (Fsp3) is 0.533. The zero-order chi connectivity index (χ0) is 14.8. The van der Waals surface area contributed by atoms with Crippen LogP contribution in [0.15, 0.2) is 24.5 Å². The van der Waals surface area contributed by atoms with E-state index in [2.05, 4.69) is 9.88 Å². The Morgan fingerprint density at radius 1 is 1.14 bits per heavy atom. The van der Waals surface area contributed by atoms with Gasteiger partial charge in [-0.1, -0.05) is 0 Å². The lowest BCUT2D eigenvalue weighted by Gasteiger charge is -2.37. The van der Waals surface area contributed by atoms with E-state index in [1.807, 2.05) is 11.9 Å². The Balaban J connectivity index is 1.58. The summed E-state index contributed by atoms with van der Waals surface area (Å²) in [5, 5.41) is 0. The van der Waals surface area contributed by atoms with E-state index in [1.54, 1.807) is 29.4 Å². The second kappa shape index (κ2) is 5.81. The van der Waals surface area contributed by atoms with Crippen LogP contribution < -0.4 is 0 Å². The second-order valence-electron chi connectivity index (χ2n) is 5.63. The van der Waals surface area contributed by atoms with Gasteiger partial charge in [0, 0.05) is 57.7 Å². The molecule has 0 spiro atoms. The maximum atomic E-state index is 12.3. The van der Waals surface area contributed by atoms with Crippen molar-refractivity contribution < 1.29 is 9.59 Å². The van der Waals surface area contributed by atoms with E-state index >= 15 is 0 Å². The molecule has 3 rings (SSSR count). The summed E-state index contributed by atoms with van der Waals surface area (Å²) in [5.41, 5.74) is 0.676. The molecule has 1 aromatic rings. The standard InChI is InChI=1S/C15H20N4O2/c1-17-7-4-13(15(17)21)18-8-10-19(11-9-18)14(20)12-2-5-16-6-3-12/h2-3,5-6,13H,4,7-11H2,1H3. The fourth-order valence-corrected chi connectivity index (χ4v) is 3.06. The van der Waals surface area contributed by atoms with Gasteiger partial charge >= 0.3 is 0 Å². The molecule has 0 N–H and O–H groups in total. The van der Waals surface area contributed by atoms with E-state index in [4.69, 9.17) is 0 Å². The molecular weight excluding hydrogens is 268 g/mol. The minimum absolute atomic E-state index is 0.00757. The van der Waals surface area contributed by atoms with Gasteiger partial charge in [0.05, 0.1) is 6.04 Å². The number of carbonyl (C=O) groups excluding carboxylic acids is 2. The van der Waals surface area contributed by atoms with E-state index < -0.39 is 0 Å². The van der Waals surface area contributed by atoms with Gasteiger partial charge in [0.1, 0.15) is 0 Å². The van der Waals surface area contributed by atoms with E-state index in [-0.39, 0.29) is 17.9 Å². The number of hydrogen-bond donors (Lipinski definition) is 0. The summed E-state index contributed by atoms with van der Waals surface area (Å²) in [6, 6.07) is 3.49. The van der Waals surface area contributed by atoms with Gasteiger partial charge in [-0.25, -0.2) is 0 Å². The number of hydrogen-bond acceptors (Lipinski definition) is 4. The number of likely N-dealkylation sites (tertiary alicyclic amines) is 1. The fourth-order valence-electron chi connectivity index (χ4n) is 3.06. The molecule has 1 unspecified atom stereocenters. The molecule has 1 aromatic heterocycles. The van der Waals surface area contributed by atoms with Crippen LogP contribution in [0.1, 0.15) is 16.8 Å². The number of likely N-dealkylation sites (N-methyl/N-ethyl adjacent to an activating group) is 1. The van der Waals surface area contributed by atoms with Gasteiger partial charge in [0.15, 0.2) is 0 Å². The molecular formula is C15H20N4O2. The molecule has 112 valence electrons. The first-order valence-electron chi connectivity index (χ1n) is 7.35. The quantitative estimate of drug-likeness (QED) is 0.773. The van der Waals surface area contributed by atoms with Gasteiger partial charge in [0.25, 0.3) is 5.91 Å².